The second-order valence-corrected chi connectivity index (χ2v) is 6.42. The summed E-state index contributed by atoms with van der Waals surface area (Å²) >= 11 is 0. The van der Waals surface area contributed by atoms with Crippen LogP contribution in [0.25, 0.3) is 0 Å². The van der Waals surface area contributed by atoms with E-state index in [1.807, 2.05) is 13.8 Å². The smallest absolute Gasteiger partial charge is 0.330 e. The molecule has 21 heavy (non-hydrogen) atoms. The Morgan fingerprint density at radius 3 is 2.33 bits per heavy atom. The van der Waals surface area contributed by atoms with Crippen LogP contribution in [0.1, 0.15) is 46.0 Å². The average Bonchev–Trinajstić information content (AvgIpc) is 3.11. The van der Waals surface area contributed by atoms with Gasteiger partial charge in [0.15, 0.2) is 0 Å². The maximum absolute atomic E-state index is 12.8. The molecule has 2 fully saturated rings. The highest BCUT2D eigenvalue weighted by Crippen LogP contribution is 2.59. The van der Waals surface area contributed by atoms with Crippen LogP contribution in [-0.4, -0.2) is 42.7 Å². The Bertz CT molecular complexity index is 374. The summed E-state index contributed by atoms with van der Waals surface area (Å²) in [6.45, 7) is 4.32. The van der Waals surface area contributed by atoms with E-state index in [1.54, 1.807) is 0 Å². The van der Waals surface area contributed by atoms with Gasteiger partial charge in [-0.1, -0.05) is 13.8 Å². The predicted molar refractivity (Wildman–Crippen MR) is 74.8 cm³/mol. The molecule has 1 spiro atoms. The molecule has 0 aromatic carbocycles. The van der Waals surface area contributed by atoms with Gasteiger partial charge < -0.3 is 10.2 Å². The highest BCUT2D eigenvalue weighted by molar-refractivity contribution is 5.83. The molecule has 1 aliphatic heterocycles. The Morgan fingerprint density at radius 2 is 1.86 bits per heavy atom. The van der Waals surface area contributed by atoms with Gasteiger partial charge in [0.25, 0.3) is 0 Å². The summed E-state index contributed by atoms with van der Waals surface area (Å²) in [6.07, 6.45) is -0.603. The topological polar surface area (TPSA) is 32.3 Å². The van der Waals surface area contributed by atoms with Crippen molar-refractivity contribution in [2.75, 3.05) is 19.6 Å². The molecule has 122 valence electrons. The quantitative estimate of drug-likeness (QED) is 0.847. The molecule has 0 aromatic rings. The van der Waals surface area contributed by atoms with Gasteiger partial charge in [0.2, 0.25) is 5.91 Å². The standard InChI is InChI=1S/C15H25F3N2O/c1-3-11(4-2)20(10-15(16,17)18)13(21)12-9-14(12)5-7-19-8-6-14/h11-12,19H,3-10H2,1-2H3. The van der Waals surface area contributed by atoms with Crippen LogP contribution in [-0.2, 0) is 4.79 Å². The third-order valence-electron chi connectivity index (χ3n) is 5.10. The van der Waals surface area contributed by atoms with E-state index in [-0.39, 0.29) is 23.3 Å². The van der Waals surface area contributed by atoms with Gasteiger partial charge in [-0.2, -0.15) is 13.2 Å². The molecule has 1 saturated carbocycles. The summed E-state index contributed by atoms with van der Waals surface area (Å²) in [7, 11) is 0. The van der Waals surface area contributed by atoms with Crippen molar-refractivity contribution in [1.29, 1.82) is 0 Å². The lowest BCUT2D eigenvalue weighted by Crippen LogP contribution is -2.47. The molecule has 1 N–H and O–H groups in total. The number of halogens is 3. The van der Waals surface area contributed by atoms with E-state index >= 15 is 0 Å². The Hall–Kier alpha value is -0.780. The van der Waals surface area contributed by atoms with E-state index in [2.05, 4.69) is 5.32 Å². The lowest BCUT2D eigenvalue weighted by atomic mass is 9.91. The van der Waals surface area contributed by atoms with Crippen LogP contribution < -0.4 is 5.32 Å². The lowest BCUT2D eigenvalue weighted by Gasteiger charge is -2.33. The molecule has 0 aromatic heterocycles. The Labute approximate surface area is 124 Å². The van der Waals surface area contributed by atoms with Crippen molar-refractivity contribution in [2.45, 2.75) is 58.2 Å². The van der Waals surface area contributed by atoms with Crippen LogP contribution in [0.15, 0.2) is 0 Å². The number of carbonyl (C=O) groups is 1. The second-order valence-electron chi connectivity index (χ2n) is 6.42. The Balaban J connectivity index is 2.08. The van der Waals surface area contributed by atoms with Crippen molar-refractivity contribution in [2.24, 2.45) is 11.3 Å². The van der Waals surface area contributed by atoms with E-state index < -0.39 is 12.7 Å². The SMILES string of the molecule is CCC(CC)N(CC(F)(F)F)C(=O)C1CC12CCNCC2. The van der Waals surface area contributed by atoms with Crippen LogP contribution in [0, 0.1) is 11.3 Å². The number of piperidine rings is 1. The molecule has 1 amide bonds. The fraction of sp³-hybridized carbons (Fsp3) is 0.933. The van der Waals surface area contributed by atoms with Crippen LogP contribution in [0.2, 0.25) is 0 Å². The Morgan fingerprint density at radius 1 is 1.29 bits per heavy atom. The zero-order chi connectivity index (χ0) is 15.7. The highest BCUT2D eigenvalue weighted by atomic mass is 19.4. The summed E-state index contributed by atoms with van der Waals surface area (Å²) in [5.41, 5.74) is -0.0157. The van der Waals surface area contributed by atoms with Crippen LogP contribution in [0.3, 0.4) is 0 Å². The molecule has 0 bridgehead atoms. The molecule has 2 aliphatic rings. The van der Waals surface area contributed by atoms with E-state index in [0.717, 1.165) is 37.3 Å². The molecule has 1 saturated heterocycles. The molecule has 2 rings (SSSR count). The van der Waals surface area contributed by atoms with Crippen molar-refractivity contribution >= 4 is 5.91 Å². The summed E-state index contributed by atoms with van der Waals surface area (Å²) in [6, 6.07) is -0.307. The molecule has 1 heterocycles. The number of amides is 1. The molecular formula is C15H25F3N2O. The first kappa shape index (κ1) is 16.6. The lowest BCUT2D eigenvalue weighted by molar-refractivity contribution is -0.167. The van der Waals surface area contributed by atoms with Gasteiger partial charge in [-0.05, 0) is 50.6 Å². The third-order valence-corrected chi connectivity index (χ3v) is 5.10. The molecule has 3 nitrogen and oxygen atoms in total. The van der Waals surface area contributed by atoms with Gasteiger partial charge in [0.1, 0.15) is 6.54 Å². The summed E-state index contributed by atoms with van der Waals surface area (Å²) in [4.78, 5) is 13.7. The van der Waals surface area contributed by atoms with Gasteiger partial charge in [0.05, 0.1) is 0 Å². The van der Waals surface area contributed by atoms with Crippen molar-refractivity contribution < 1.29 is 18.0 Å². The maximum Gasteiger partial charge on any atom is 0.406 e. The zero-order valence-electron chi connectivity index (χ0n) is 12.8. The fourth-order valence-corrected chi connectivity index (χ4v) is 3.68. The monoisotopic (exact) mass is 306 g/mol. The number of alkyl halides is 3. The van der Waals surface area contributed by atoms with Crippen LogP contribution in [0.4, 0.5) is 13.2 Å². The summed E-state index contributed by atoms with van der Waals surface area (Å²) in [5, 5.41) is 3.25. The van der Waals surface area contributed by atoms with Crippen molar-refractivity contribution in [1.82, 2.24) is 10.2 Å². The minimum Gasteiger partial charge on any atom is -0.330 e. The van der Waals surface area contributed by atoms with Crippen molar-refractivity contribution in [3.63, 3.8) is 0 Å². The summed E-state index contributed by atoms with van der Waals surface area (Å²) in [5.74, 6) is -0.467. The van der Waals surface area contributed by atoms with Gasteiger partial charge in [0, 0.05) is 12.0 Å². The molecule has 0 radical (unpaired) electrons. The van der Waals surface area contributed by atoms with Gasteiger partial charge >= 0.3 is 6.18 Å². The number of carbonyl (C=O) groups excluding carboxylic acids is 1. The fourth-order valence-electron chi connectivity index (χ4n) is 3.68. The minimum atomic E-state index is -4.32. The molecule has 6 heteroatoms. The number of rotatable bonds is 5. The largest absolute Gasteiger partial charge is 0.406 e. The predicted octanol–water partition coefficient (Wildman–Crippen LogP) is 2.96. The molecule has 1 aliphatic carbocycles. The highest BCUT2D eigenvalue weighted by Gasteiger charge is 2.59. The average molecular weight is 306 g/mol. The van der Waals surface area contributed by atoms with E-state index in [0.29, 0.717) is 12.8 Å². The van der Waals surface area contributed by atoms with E-state index in [4.69, 9.17) is 0 Å². The number of nitrogens with zero attached hydrogens (tertiary/aromatic N) is 1. The van der Waals surface area contributed by atoms with E-state index in [1.165, 1.54) is 0 Å². The molecule has 1 unspecified atom stereocenters. The van der Waals surface area contributed by atoms with Crippen molar-refractivity contribution in [3.8, 4) is 0 Å². The first-order chi connectivity index (χ1) is 9.83. The molecule has 1 atom stereocenters. The van der Waals surface area contributed by atoms with E-state index in [9.17, 15) is 18.0 Å². The van der Waals surface area contributed by atoms with Crippen LogP contribution >= 0.6 is 0 Å². The summed E-state index contributed by atoms with van der Waals surface area (Å²) < 4.78 is 38.4. The van der Waals surface area contributed by atoms with Gasteiger partial charge in [-0.15, -0.1) is 0 Å². The number of nitrogens with one attached hydrogen (secondary N) is 1. The first-order valence-corrected chi connectivity index (χ1v) is 7.91. The number of hydrogen-bond donors (Lipinski definition) is 1. The minimum absolute atomic E-state index is 0.0157. The molecular weight excluding hydrogens is 281 g/mol. The first-order valence-electron chi connectivity index (χ1n) is 7.91. The number of hydrogen-bond acceptors (Lipinski definition) is 2. The zero-order valence-corrected chi connectivity index (χ0v) is 12.8. The van der Waals surface area contributed by atoms with Crippen molar-refractivity contribution in [3.05, 3.63) is 0 Å². The normalized spacial score (nSPS) is 24.4. The second kappa shape index (κ2) is 6.15. The van der Waals surface area contributed by atoms with Gasteiger partial charge in [-0.3, -0.25) is 4.79 Å². The van der Waals surface area contributed by atoms with Gasteiger partial charge in [-0.25, -0.2) is 0 Å². The maximum atomic E-state index is 12.8. The third kappa shape index (κ3) is 3.71. The Kier molecular flexibility index (Phi) is 4.85. The van der Waals surface area contributed by atoms with Crippen LogP contribution in [0.5, 0.6) is 0 Å².